The van der Waals surface area contributed by atoms with E-state index in [-0.39, 0.29) is 30.2 Å². The molecule has 5 nitrogen and oxygen atoms in total. The van der Waals surface area contributed by atoms with Gasteiger partial charge in [-0.1, -0.05) is 41.4 Å². The molecule has 1 saturated heterocycles. The van der Waals surface area contributed by atoms with Crippen LogP contribution in [-0.4, -0.2) is 39.7 Å². The van der Waals surface area contributed by atoms with E-state index in [1.807, 2.05) is 38.1 Å². The second-order valence-corrected chi connectivity index (χ2v) is 7.47. The normalized spacial score (nSPS) is 20.5. The summed E-state index contributed by atoms with van der Waals surface area (Å²) in [5.74, 6) is -0.296. The van der Waals surface area contributed by atoms with Crippen LogP contribution in [0.1, 0.15) is 35.5 Å². The van der Waals surface area contributed by atoms with Crippen molar-refractivity contribution >= 4 is 17.5 Å². The molecular weight excluding hydrogens is 393 g/mol. The van der Waals surface area contributed by atoms with E-state index in [1.54, 1.807) is 4.90 Å². The van der Waals surface area contributed by atoms with Crippen molar-refractivity contribution in [2.75, 3.05) is 13.1 Å². The van der Waals surface area contributed by atoms with Gasteiger partial charge in [-0.3, -0.25) is 9.48 Å². The number of benzene rings is 1. The van der Waals surface area contributed by atoms with E-state index in [0.717, 1.165) is 15.8 Å². The van der Waals surface area contributed by atoms with Crippen LogP contribution < -0.4 is 5.32 Å². The summed E-state index contributed by atoms with van der Waals surface area (Å²) in [5, 5.41) is 6.42. The summed E-state index contributed by atoms with van der Waals surface area (Å²) in [6, 6.07) is 7.70. The number of aromatic nitrogens is 2. The lowest BCUT2D eigenvalue weighted by molar-refractivity contribution is -0.142. The minimum atomic E-state index is -4.66. The summed E-state index contributed by atoms with van der Waals surface area (Å²) < 4.78 is 40.1. The van der Waals surface area contributed by atoms with Crippen LogP contribution in [0.15, 0.2) is 24.3 Å². The van der Waals surface area contributed by atoms with E-state index in [0.29, 0.717) is 13.1 Å². The molecule has 2 unspecified atom stereocenters. The maximum absolute atomic E-state index is 13.0. The minimum Gasteiger partial charge on any atom is -0.331 e. The summed E-state index contributed by atoms with van der Waals surface area (Å²) in [5.41, 5.74) is 1.05. The lowest BCUT2D eigenvalue weighted by Crippen LogP contribution is -2.54. The number of amides is 1. The van der Waals surface area contributed by atoms with Gasteiger partial charge in [0.1, 0.15) is 6.54 Å². The van der Waals surface area contributed by atoms with E-state index in [4.69, 9.17) is 11.6 Å². The molecule has 1 aromatic carbocycles. The van der Waals surface area contributed by atoms with E-state index < -0.39 is 16.9 Å². The van der Waals surface area contributed by atoms with E-state index >= 15 is 0 Å². The van der Waals surface area contributed by atoms with Crippen LogP contribution in [0.2, 0.25) is 5.02 Å². The zero-order valence-electron chi connectivity index (χ0n) is 15.8. The standard InChI is InChI=1S/C19H22ClF3N4O/c1-11-4-6-14(7-5-11)17-12(2)24-8-9-26(17)15(28)10-27-13(3)16(20)18(25-27)19(21,22)23/h4-7,12,17,24H,8-10H2,1-3H3. The lowest BCUT2D eigenvalue weighted by Gasteiger charge is -2.41. The Balaban J connectivity index is 1.87. The first-order valence-corrected chi connectivity index (χ1v) is 9.37. The average molecular weight is 415 g/mol. The molecular formula is C19H22ClF3N4O. The molecule has 152 valence electrons. The van der Waals surface area contributed by atoms with Crippen LogP contribution in [0.5, 0.6) is 0 Å². The molecule has 2 aromatic rings. The van der Waals surface area contributed by atoms with Gasteiger partial charge in [0, 0.05) is 19.1 Å². The van der Waals surface area contributed by atoms with Crippen LogP contribution in [0, 0.1) is 13.8 Å². The number of nitrogens with zero attached hydrogens (tertiary/aromatic N) is 3. The minimum absolute atomic E-state index is 0.00782. The van der Waals surface area contributed by atoms with Crippen molar-refractivity contribution in [3.63, 3.8) is 0 Å². The number of halogens is 4. The maximum atomic E-state index is 13.0. The van der Waals surface area contributed by atoms with Gasteiger partial charge >= 0.3 is 6.18 Å². The number of hydrogen-bond donors (Lipinski definition) is 1. The van der Waals surface area contributed by atoms with Crippen molar-refractivity contribution < 1.29 is 18.0 Å². The number of hydrogen-bond acceptors (Lipinski definition) is 3. The third-order valence-electron chi connectivity index (χ3n) is 5.05. The fraction of sp³-hybridized carbons (Fsp3) is 0.474. The monoisotopic (exact) mass is 414 g/mol. The quantitative estimate of drug-likeness (QED) is 0.832. The van der Waals surface area contributed by atoms with Gasteiger partial charge in [0.15, 0.2) is 5.69 Å². The number of nitrogens with one attached hydrogen (secondary N) is 1. The predicted molar refractivity (Wildman–Crippen MR) is 100 cm³/mol. The van der Waals surface area contributed by atoms with Crippen LogP contribution in [0.25, 0.3) is 0 Å². The summed E-state index contributed by atoms with van der Waals surface area (Å²) in [6.45, 7) is 6.18. The van der Waals surface area contributed by atoms with Gasteiger partial charge in [0.25, 0.3) is 0 Å². The molecule has 0 bridgehead atoms. The zero-order valence-corrected chi connectivity index (χ0v) is 16.6. The Morgan fingerprint density at radius 2 is 1.93 bits per heavy atom. The highest BCUT2D eigenvalue weighted by molar-refractivity contribution is 6.32. The molecule has 2 heterocycles. The number of rotatable bonds is 3. The van der Waals surface area contributed by atoms with Gasteiger partial charge in [-0.05, 0) is 26.3 Å². The molecule has 1 amide bonds. The second kappa shape index (κ2) is 7.75. The molecule has 9 heteroatoms. The smallest absolute Gasteiger partial charge is 0.331 e. The topological polar surface area (TPSA) is 50.2 Å². The Morgan fingerprint density at radius 1 is 1.29 bits per heavy atom. The Bertz CT molecular complexity index is 863. The molecule has 1 fully saturated rings. The SMILES string of the molecule is Cc1ccc(C2C(C)NCCN2C(=O)Cn2nc(C(F)(F)F)c(Cl)c2C)cc1. The Hall–Kier alpha value is -2.06. The highest BCUT2D eigenvalue weighted by Gasteiger charge is 2.39. The maximum Gasteiger partial charge on any atom is 0.436 e. The van der Waals surface area contributed by atoms with Gasteiger partial charge in [-0.2, -0.15) is 18.3 Å². The first kappa shape index (κ1) is 20.7. The van der Waals surface area contributed by atoms with Crippen molar-refractivity contribution in [2.24, 2.45) is 0 Å². The third kappa shape index (κ3) is 4.03. The summed E-state index contributed by atoms with van der Waals surface area (Å²) in [6.07, 6.45) is -4.66. The molecule has 0 radical (unpaired) electrons. The Labute approximate surface area is 166 Å². The van der Waals surface area contributed by atoms with Crippen molar-refractivity contribution in [3.05, 3.63) is 51.8 Å². The molecule has 0 aliphatic carbocycles. The van der Waals surface area contributed by atoms with Gasteiger partial charge in [0.05, 0.1) is 16.8 Å². The third-order valence-corrected chi connectivity index (χ3v) is 5.51. The second-order valence-electron chi connectivity index (χ2n) is 7.09. The summed E-state index contributed by atoms with van der Waals surface area (Å²) in [4.78, 5) is 14.7. The van der Waals surface area contributed by atoms with E-state index in [2.05, 4.69) is 10.4 Å². The summed E-state index contributed by atoms with van der Waals surface area (Å²) in [7, 11) is 0. The van der Waals surface area contributed by atoms with Crippen molar-refractivity contribution in [2.45, 2.75) is 45.6 Å². The highest BCUT2D eigenvalue weighted by Crippen LogP contribution is 2.35. The van der Waals surface area contributed by atoms with Crippen LogP contribution in [-0.2, 0) is 17.5 Å². The van der Waals surface area contributed by atoms with Gasteiger partial charge in [-0.15, -0.1) is 0 Å². The number of alkyl halides is 3. The van der Waals surface area contributed by atoms with Gasteiger partial charge in [-0.25, -0.2) is 0 Å². The van der Waals surface area contributed by atoms with Crippen LogP contribution in [0.3, 0.4) is 0 Å². The molecule has 3 rings (SSSR count). The molecule has 1 aliphatic heterocycles. The molecule has 1 N–H and O–H groups in total. The van der Waals surface area contributed by atoms with Crippen LogP contribution >= 0.6 is 11.6 Å². The molecule has 0 spiro atoms. The largest absolute Gasteiger partial charge is 0.436 e. The Morgan fingerprint density at radius 3 is 2.50 bits per heavy atom. The van der Waals surface area contributed by atoms with Crippen LogP contribution in [0.4, 0.5) is 13.2 Å². The number of aryl methyl sites for hydroxylation is 1. The van der Waals surface area contributed by atoms with Gasteiger partial charge < -0.3 is 10.2 Å². The first-order chi connectivity index (χ1) is 13.1. The summed E-state index contributed by atoms with van der Waals surface area (Å²) >= 11 is 5.79. The molecule has 28 heavy (non-hydrogen) atoms. The lowest BCUT2D eigenvalue weighted by atomic mass is 9.95. The van der Waals surface area contributed by atoms with E-state index in [1.165, 1.54) is 6.92 Å². The average Bonchev–Trinajstić information content (AvgIpc) is 2.91. The van der Waals surface area contributed by atoms with Crippen molar-refractivity contribution in [1.29, 1.82) is 0 Å². The van der Waals surface area contributed by atoms with E-state index in [9.17, 15) is 18.0 Å². The fourth-order valence-corrected chi connectivity index (χ4v) is 3.77. The van der Waals surface area contributed by atoms with Gasteiger partial charge in [0.2, 0.25) is 5.91 Å². The van der Waals surface area contributed by atoms with Crippen molar-refractivity contribution in [1.82, 2.24) is 20.0 Å². The van der Waals surface area contributed by atoms with Crippen molar-refractivity contribution in [3.8, 4) is 0 Å². The highest BCUT2D eigenvalue weighted by atomic mass is 35.5. The fourth-order valence-electron chi connectivity index (χ4n) is 3.52. The molecule has 2 atom stereocenters. The molecule has 1 aromatic heterocycles. The molecule has 1 aliphatic rings. The zero-order chi connectivity index (χ0) is 20.6. The number of piperazine rings is 1. The first-order valence-electron chi connectivity index (χ1n) is 8.99. The molecule has 0 saturated carbocycles. The number of carbonyl (C=O) groups excluding carboxylic acids is 1. The Kier molecular flexibility index (Phi) is 5.72. The predicted octanol–water partition coefficient (Wildman–Crippen LogP) is 3.73. The number of carbonyl (C=O) groups is 1.